The van der Waals surface area contributed by atoms with Crippen LogP contribution in [0.15, 0.2) is 78.0 Å². The SMILES string of the molecule is CSc1ccc([C@H](Nc2cccc[nH+]2)c2cc(Cl)c3cccnc3c2O)cc1. The normalized spacial score (nSPS) is 12.1. The molecule has 1 atom stereocenters. The lowest BCUT2D eigenvalue weighted by Gasteiger charge is -2.18. The highest BCUT2D eigenvalue weighted by molar-refractivity contribution is 7.98. The van der Waals surface area contributed by atoms with Crippen molar-refractivity contribution in [3.05, 3.63) is 89.2 Å². The second-order valence-electron chi connectivity index (χ2n) is 6.32. The number of nitrogens with one attached hydrogen (secondary N) is 2. The lowest BCUT2D eigenvalue weighted by molar-refractivity contribution is -0.361. The largest absolute Gasteiger partial charge is 0.505 e. The van der Waals surface area contributed by atoms with Crippen LogP contribution in [0.5, 0.6) is 5.75 Å². The molecule has 2 heterocycles. The van der Waals surface area contributed by atoms with Crippen molar-refractivity contribution in [2.24, 2.45) is 0 Å². The van der Waals surface area contributed by atoms with Crippen molar-refractivity contribution in [1.82, 2.24) is 4.98 Å². The van der Waals surface area contributed by atoms with Crippen molar-refractivity contribution in [1.29, 1.82) is 0 Å². The molecule has 0 spiro atoms. The Morgan fingerprint density at radius 1 is 1.11 bits per heavy atom. The summed E-state index contributed by atoms with van der Waals surface area (Å²) >= 11 is 8.22. The number of hydrogen-bond acceptors (Lipinski definition) is 4. The highest BCUT2D eigenvalue weighted by Crippen LogP contribution is 2.39. The zero-order valence-corrected chi connectivity index (χ0v) is 16.8. The molecule has 6 heteroatoms. The second kappa shape index (κ2) is 8.09. The summed E-state index contributed by atoms with van der Waals surface area (Å²) in [6.07, 6.45) is 5.55. The van der Waals surface area contributed by atoms with Gasteiger partial charge in [-0.1, -0.05) is 29.8 Å². The molecule has 140 valence electrons. The van der Waals surface area contributed by atoms with Gasteiger partial charge in [0.2, 0.25) is 0 Å². The maximum Gasteiger partial charge on any atom is 0.272 e. The number of thioether (sulfide) groups is 1. The van der Waals surface area contributed by atoms with E-state index in [9.17, 15) is 5.11 Å². The summed E-state index contributed by atoms with van der Waals surface area (Å²) in [5.74, 6) is 0.959. The summed E-state index contributed by atoms with van der Waals surface area (Å²) in [5, 5.41) is 15.8. The second-order valence-corrected chi connectivity index (χ2v) is 7.61. The molecule has 2 aromatic carbocycles. The average molecular weight is 409 g/mol. The summed E-state index contributed by atoms with van der Waals surface area (Å²) in [5.41, 5.74) is 2.18. The molecule has 0 saturated heterocycles. The van der Waals surface area contributed by atoms with Gasteiger partial charge in [-0.3, -0.25) is 10.3 Å². The summed E-state index contributed by atoms with van der Waals surface area (Å²) in [6.45, 7) is 0. The number of phenols is 1. The Balaban J connectivity index is 1.87. The van der Waals surface area contributed by atoms with Gasteiger partial charge in [-0.05, 0) is 42.7 Å². The van der Waals surface area contributed by atoms with Crippen molar-refractivity contribution >= 4 is 40.1 Å². The Morgan fingerprint density at radius 2 is 1.93 bits per heavy atom. The van der Waals surface area contributed by atoms with Crippen LogP contribution in [0.25, 0.3) is 10.9 Å². The number of hydrogen-bond donors (Lipinski definition) is 2. The van der Waals surface area contributed by atoms with E-state index in [2.05, 4.69) is 39.6 Å². The van der Waals surface area contributed by atoms with E-state index in [1.165, 1.54) is 4.90 Å². The summed E-state index contributed by atoms with van der Waals surface area (Å²) < 4.78 is 0. The third-order valence-corrected chi connectivity index (χ3v) is 5.67. The number of rotatable bonds is 5. The van der Waals surface area contributed by atoms with Crippen LogP contribution in [0, 0.1) is 0 Å². The minimum atomic E-state index is -0.307. The van der Waals surface area contributed by atoms with E-state index in [1.807, 2.05) is 48.9 Å². The van der Waals surface area contributed by atoms with Crippen molar-refractivity contribution in [3.8, 4) is 5.75 Å². The van der Waals surface area contributed by atoms with Gasteiger partial charge < -0.3 is 5.11 Å². The van der Waals surface area contributed by atoms with Crippen LogP contribution < -0.4 is 10.3 Å². The zero-order valence-electron chi connectivity index (χ0n) is 15.2. The monoisotopic (exact) mass is 408 g/mol. The molecular weight excluding hydrogens is 390 g/mol. The Hall–Kier alpha value is -2.76. The Kier molecular flexibility index (Phi) is 5.37. The Morgan fingerprint density at radius 3 is 2.64 bits per heavy atom. The first-order valence-corrected chi connectivity index (χ1v) is 10.4. The molecular formula is C22H19ClN3OS+. The first kappa shape index (κ1) is 18.6. The van der Waals surface area contributed by atoms with Crippen LogP contribution in [-0.2, 0) is 0 Å². The highest BCUT2D eigenvalue weighted by Gasteiger charge is 2.25. The lowest BCUT2D eigenvalue weighted by atomic mass is 9.96. The van der Waals surface area contributed by atoms with Crippen molar-refractivity contribution in [3.63, 3.8) is 0 Å². The number of pyridine rings is 2. The number of aromatic amines is 1. The molecule has 4 nitrogen and oxygen atoms in total. The lowest BCUT2D eigenvalue weighted by Crippen LogP contribution is -2.19. The zero-order chi connectivity index (χ0) is 19.5. The molecule has 0 radical (unpaired) electrons. The fourth-order valence-corrected chi connectivity index (χ4v) is 3.88. The third-order valence-electron chi connectivity index (χ3n) is 4.61. The van der Waals surface area contributed by atoms with Crippen molar-refractivity contribution < 1.29 is 10.1 Å². The number of fused-ring (bicyclic) bond motifs is 1. The quantitative estimate of drug-likeness (QED) is 0.438. The number of phenolic OH excluding ortho intramolecular Hbond substituents is 1. The molecule has 0 unspecified atom stereocenters. The Labute approximate surface area is 172 Å². The first-order valence-electron chi connectivity index (χ1n) is 8.80. The molecule has 2 aromatic heterocycles. The van der Waals surface area contributed by atoms with Gasteiger partial charge >= 0.3 is 0 Å². The van der Waals surface area contributed by atoms with Crippen LogP contribution in [0.1, 0.15) is 17.2 Å². The smallest absolute Gasteiger partial charge is 0.272 e. The molecule has 0 aliphatic heterocycles. The standard InChI is InChI=1S/C22H18ClN3OS/c1-28-15-9-7-14(8-10-15)20(26-19-6-2-3-11-24-19)17-13-18(23)16-5-4-12-25-21(16)22(17)27/h2-13,20,27H,1H3,(H,24,26)/p+1/t20-/m0/s1. The molecule has 0 bridgehead atoms. The Bertz CT molecular complexity index is 1100. The number of H-pyrrole nitrogens is 1. The van der Waals surface area contributed by atoms with Gasteiger partial charge in [-0.25, -0.2) is 4.98 Å². The van der Waals surface area contributed by atoms with Gasteiger partial charge in [0.15, 0.2) is 0 Å². The maximum atomic E-state index is 11.0. The van der Waals surface area contributed by atoms with Gasteiger partial charge in [-0.2, -0.15) is 0 Å². The highest BCUT2D eigenvalue weighted by atomic mass is 35.5. The van der Waals surface area contributed by atoms with Gasteiger partial charge in [0.1, 0.15) is 17.3 Å². The fourth-order valence-electron chi connectivity index (χ4n) is 3.20. The van der Waals surface area contributed by atoms with E-state index < -0.39 is 0 Å². The molecule has 0 aliphatic carbocycles. The van der Waals surface area contributed by atoms with Crippen molar-refractivity contribution in [2.45, 2.75) is 10.9 Å². The topological polar surface area (TPSA) is 59.3 Å². The van der Waals surface area contributed by atoms with E-state index in [0.29, 0.717) is 16.1 Å². The summed E-state index contributed by atoms with van der Waals surface area (Å²) in [6, 6.07) is 19.2. The first-order chi connectivity index (χ1) is 13.7. The van der Waals surface area contributed by atoms with Gasteiger partial charge in [0, 0.05) is 33.7 Å². The van der Waals surface area contributed by atoms with Crippen LogP contribution >= 0.6 is 23.4 Å². The molecule has 0 amide bonds. The van der Waals surface area contributed by atoms with E-state index in [0.717, 1.165) is 16.8 Å². The van der Waals surface area contributed by atoms with E-state index in [4.69, 9.17) is 11.6 Å². The van der Waals surface area contributed by atoms with Gasteiger partial charge in [0.05, 0.1) is 11.2 Å². The van der Waals surface area contributed by atoms with Crippen LogP contribution in [-0.4, -0.2) is 16.3 Å². The number of aromatic nitrogens is 2. The van der Waals surface area contributed by atoms with E-state index in [-0.39, 0.29) is 11.8 Å². The molecule has 0 fully saturated rings. The van der Waals surface area contributed by atoms with Crippen LogP contribution in [0.2, 0.25) is 5.02 Å². The minimum Gasteiger partial charge on any atom is -0.505 e. The van der Waals surface area contributed by atoms with Crippen LogP contribution in [0.4, 0.5) is 5.82 Å². The molecule has 3 N–H and O–H groups in total. The third kappa shape index (κ3) is 3.63. The predicted molar refractivity (Wildman–Crippen MR) is 115 cm³/mol. The van der Waals surface area contributed by atoms with E-state index in [1.54, 1.807) is 18.0 Å². The predicted octanol–water partition coefficient (Wildman–Crippen LogP) is 5.33. The number of benzene rings is 2. The molecule has 0 aliphatic rings. The van der Waals surface area contributed by atoms with Crippen LogP contribution in [0.3, 0.4) is 0 Å². The van der Waals surface area contributed by atoms with Gasteiger partial charge in [0.25, 0.3) is 5.82 Å². The molecule has 0 saturated carbocycles. The van der Waals surface area contributed by atoms with Crippen molar-refractivity contribution in [2.75, 3.05) is 11.6 Å². The number of aromatic hydroxyl groups is 1. The molecule has 28 heavy (non-hydrogen) atoms. The number of halogens is 1. The fraction of sp³-hybridized carbons (Fsp3) is 0.0909. The summed E-state index contributed by atoms with van der Waals surface area (Å²) in [4.78, 5) is 8.70. The molecule has 4 aromatic rings. The number of anilines is 1. The summed E-state index contributed by atoms with van der Waals surface area (Å²) in [7, 11) is 0. The average Bonchev–Trinajstić information content (AvgIpc) is 2.76. The number of nitrogens with zero attached hydrogens (tertiary/aromatic N) is 1. The maximum absolute atomic E-state index is 11.0. The minimum absolute atomic E-state index is 0.127. The van der Waals surface area contributed by atoms with Gasteiger partial charge in [-0.15, -0.1) is 11.8 Å². The van der Waals surface area contributed by atoms with E-state index >= 15 is 0 Å². The molecule has 4 rings (SSSR count).